The fourth-order valence-electron chi connectivity index (χ4n) is 3.35. The Bertz CT molecular complexity index is 1210. The fraction of sp³-hybridized carbons (Fsp3) is 0.478. The third kappa shape index (κ3) is 5.32. The first-order chi connectivity index (χ1) is 15.4. The molecule has 0 fully saturated rings. The molecule has 33 heavy (non-hydrogen) atoms. The summed E-state index contributed by atoms with van der Waals surface area (Å²) < 4.78 is 32.1. The Morgan fingerprint density at radius 2 is 1.85 bits per heavy atom. The number of allylic oxidation sites excluding steroid dienone is 2. The van der Waals surface area contributed by atoms with E-state index in [4.69, 9.17) is 4.18 Å². The van der Waals surface area contributed by atoms with E-state index in [1.165, 1.54) is 29.9 Å². The van der Waals surface area contributed by atoms with E-state index < -0.39 is 26.1 Å². The first kappa shape index (κ1) is 26.2. The summed E-state index contributed by atoms with van der Waals surface area (Å²) in [4.78, 5) is 24.7. The van der Waals surface area contributed by atoms with Gasteiger partial charge in [-0.3, -0.25) is 14.9 Å². The molecule has 0 spiro atoms. The third-order valence-electron chi connectivity index (χ3n) is 5.74. The summed E-state index contributed by atoms with van der Waals surface area (Å²) in [5.74, 6) is -0.651. The number of nitrogens with zero attached hydrogens (tertiary/aromatic N) is 3. The number of carbonyl (C=O) groups is 1. The SMILES string of the molecule is CCCn1ncc(C(=O)c2ccc([N+](=O)[O-])c(C(C)=C(C)C)c2C)c1OS(=O)(=O)C(C)CC. The predicted molar refractivity (Wildman–Crippen MR) is 127 cm³/mol. The Morgan fingerprint density at radius 3 is 2.36 bits per heavy atom. The van der Waals surface area contributed by atoms with E-state index in [1.807, 2.05) is 20.8 Å². The van der Waals surface area contributed by atoms with Gasteiger partial charge in [-0.15, -0.1) is 0 Å². The minimum atomic E-state index is -3.98. The molecule has 0 saturated heterocycles. The second kappa shape index (κ2) is 10.3. The monoisotopic (exact) mass is 477 g/mol. The highest BCUT2D eigenvalue weighted by molar-refractivity contribution is 7.87. The van der Waals surface area contributed by atoms with Gasteiger partial charge in [-0.1, -0.05) is 19.4 Å². The molecule has 1 atom stereocenters. The maximum Gasteiger partial charge on any atom is 0.313 e. The number of rotatable bonds is 10. The van der Waals surface area contributed by atoms with Gasteiger partial charge in [0, 0.05) is 18.2 Å². The molecule has 1 aromatic carbocycles. The van der Waals surface area contributed by atoms with E-state index in [0.717, 1.165) is 5.57 Å². The molecule has 0 aliphatic heterocycles. The summed E-state index contributed by atoms with van der Waals surface area (Å²) in [5, 5.41) is 15.0. The van der Waals surface area contributed by atoms with Crippen molar-refractivity contribution in [3.63, 3.8) is 0 Å². The molecule has 2 rings (SSSR count). The third-order valence-corrected chi connectivity index (χ3v) is 7.45. The van der Waals surface area contributed by atoms with Gasteiger partial charge in [0.1, 0.15) is 5.56 Å². The van der Waals surface area contributed by atoms with E-state index >= 15 is 0 Å². The lowest BCUT2D eigenvalue weighted by molar-refractivity contribution is -0.385. The summed E-state index contributed by atoms with van der Waals surface area (Å²) >= 11 is 0. The van der Waals surface area contributed by atoms with Gasteiger partial charge in [0.25, 0.3) is 5.69 Å². The lowest BCUT2D eigenvalue weighted by Crippen LogP contribution is -2.24. The quantitative estimate of drug-likeness (QED) is 0.203. The van der Waals surface area contributed by atoms with Crippen LogP contribution in [0.4, 0.5) is 5.69 Å². The Labute approximate surface area is 194 Å². The molecule has 0 saturated carbocycles. The molecule has 0 aliphatic rings. The number of hydrogen-bond donors (Lipinski definition) is 0. The maximum atomic E-state index is 13.5. The first-order valence-electron chi connectivity index (χ1n) is 10.8. The summed E-state index contributed by atoms with van der Waals surface area (Å²) in [5.41, 5.74) is 2.51. The van der Waals surface area contributed by atoms with Crippen molar-refractivity contribution in [2.45, 2.75) is 73.1 Å². The highest BCUT2D eigenvalue weighted by Gasteiger charge is 2.30. The zero-order chi connectivity index (χ0) is 25.1. The first-order valence-corrected chi connectivity index (χ1v) is 12.3. The predicted octanol–water partition coefficient (Wildman–Crippen LogP) is 5.06. The van der Waals surface area contributed by atoms with E-state index in [1.54, 1.807) is 20.8 Å². The molecule has 10 heteroatoms. The van der Waals surface area contributed by atoms with Crippen LogP contribution in [-0.2, 0) is 16.7 Å². The molecule has 0 amide bonds. The number of ketones is 1. The van der Waals surface area contributed by atoms with Crippen molar-refractivity contribution in [3.05, 3.63) is 56.3 Å². The van der Waals surface area contributed by atoms with Crippen LogP contribution in [0.2, 0.25) is 0 Å². The number of carbonyl (C=O) groups excluding carboxylic acids is 1. The highest BCUT2D eigenvalue weighted by atomic mass is 32.2. The van der Waals surface area contributed by atoms with Crippen LogP contribution in [0.1, 0.15) is 81.4 Å². The average molecular weight is 478 g/mol. The van der Waals surface area contributed by atoms with E-state index in [0.29, 0.717) is 36.1 Å². The highest BCUT2D eigenvalue weighted by Crippen LogP contribution is 2.35. The lowest BCUT2D eigenvalue weighted by atomic mass is 9.90. The van der Waals surface area contributed by atoms with Gasteiger partial charge in [-0.25, -0.2) is 4.68 Å². The molecule has 0 aliphatic carbocycles. The Balaban J connectivity index is 2.71. The van der Waals surface area contributed by atoms with Crippen molar-refractivity contribution in [1.82, 2.24) is 9.78 Å². The van der Waals surface area contributed by atoms with E-state index in [9.17, 15) is 23.3 Å². The summed E-state index contributed by atoms with van der Waals surface area (Å²) in [7, 11) is -3.98. The molecule has 2 aromatic rings. The van der Waals surface area contributed by atoms with Gasteiger partial charge in [0.2, 0.25) is 5.88 Å². The second-order valence-electron chi connectivity index (χ2n) is 8.23. The van der Waals surface area contributed by atoms with Gasteiger partial charge in [0.05, 0.1) is 21.9 Å². The van der Waals surface area contributed by atoms with Gasteiger partial charge >= 0.3 is 10.1 Å². The Kier molecular flexibility index (Phi) is 8.18. The molecule has 180 valence electrons. The normalized spacial score (nSPS) is 12.3. The molecular formula is C23H31N3O6S. The number of benzene rings is 1. The Hall–Kier alpha value is -3.01. The molecule has 1 heterocycles. The number of nitro benzene ring substituents is 1. The number of nitro groups is 1. The van der Waals surface area contributed by atoms with Crippen LogP contribution in [0.15, 0.2) is 23.9 Å². The molecule has 1 aromatic heterocycles. The van der Waals surface area contributed by atoms with Crippen LogP contribution in [0, 0.1) is 17.0 Å². The molecule has 0 radical (unpaired) electrons. The van der Waals surface area contributed by atoms with Crippen molar-refractivity contribution < 1.29 is 22.3 Å². The molecule has 0 bridgehead atoms. The maximum absolute atomic E-state index is 13.5. The fourth-order valence-corrected chi connectivity index (χ4v) is 4.32. The molecule has 0 N–H and O–H groups in total. The van der Waals surface area contributed by atoms with Crippen molar-refractivity contribution >= 4 is 27.2 Å². The van der Waals surface area contributed by atoms with Crippen LogP contribution in [0.25, 0.3) is 5.57 Å². The standard InChI is InChI=1S/C23H31N3O6S/c1-8-12-25-23(32-33(30,31)15(5)9-2)19(13-24-25)22(27)18-10-11-20(26(28)29)21(17(18)7)16(6)14(3)4/h10-11,13,15H,8-9,12H2,1-7H3. The minimum Gasteiger partial charge on any atom is -0.361 e. The van der Waals surface area contributed by atoms with E-state index in [-0.39, 0.29) is 22.7 Å². The van der Waals surface area contributed by atoms with Gasteiger partial charge < -0.3 is 4.18 Å². The Morgan fingerprint density at radius 1 is 1.21 bits per heavy atom. The van der Waals surface area contributed by atoms with Gasteiger partial charge in [-0.2, -0.15) is 13.5 Å². The van der Waals surface area contributed by atoms with Crippen LogP contribution in [-0.4, -0.2) is 34.2 Å². The van der Waals surface area contributed by atoms with Gasteiger partial charge in [0.15, 0.2) is 5.78 Å². The topological polar surface area (TPSA) is 121 Å². The number of hydrogen-bond acceptors (Lipinski definition) is 7. The molecular weight excluding hydrogens is 446 g/mol. The second-order valence-corrected chi connectivity index (χ2v) is 10.2. The minimum absolute atomic E-state index is 0.00640. The smallest absolute Gasteiger partial charge is 0.313 e. The summed E-state index contributed by atoms with van der Waals surface area (Å²) in [6.45, 7) is 12.6. The summed E-state index contributed by atoms with van der Waals surface area (Å²) in [6, 6.07) is 2.69. The lowest BCUT2D eigenvalue weighted by Gasteiger charge is -2.15. The average Bonchev–Trinajstić information content (AvgIpc) is 3.13. The van der Waals surface area contributed by atoms with Crippen molar-refractivity contribution in [3.8, 4) is 5.88 Å². The zero-order valence-corrected chi connectivity index (χ0v) is 20.9. The number of aryl methyl sites for hydroxylation is 1. The zero-order valence-electron chi connectivity index (χ0n) is 20.1. The van der Waals surface area contributed by atoms with Crippen LogP contribution in [0.3, 0.4) is 0 Å². The molecule has 1 unspecified atom stereocenters. The van der Waals surface area contributed by atoms with Gasteiger partial charge in [-0.05, 0) is 64.7 Å². The van der Waals surface area contributed by atoms with E-state index in [2.05, 4.69) is 5.10 Å². The van der Waals surface area contributed by atoms with Crippen molar-refractivity contribution in [2.75, 3.05) is 0 Å². The van der Waals surface area contributed by atoms with Crippen LogP contribution >= 0.6 is 0 Å². The largest absolute Gasteiger partial charge is 0.361 e. The van der Waals surface area contributed by atoms with Crippen molar-refractivity contribution in [2.24, 2.45) is 0 Å². The summed E-state index contributed by atoms with van der Waals surface area (Å²) in [6.07, 6.45) is 2.28. The van der Waals surface area contributed by atoms with Crippen LogP contribution in [0.5, 0.6) is 5.88 Å². The van der Waals surface area contributed by atoms with Crippen molar-refractivity contribution in [1.29, 1.82) is 0 Å². The molecule has 9 nitrogen and oxygen atoms in total. The van der Waals surface area contributed by atoms with Crippen LogP contribution < -0.4 is 4.18 Å². The number of aromatic nitrogens is 2.